The van der Waals surface area contributed by atoms with Gasteiger partial charge in [0.15, 0.2) is 0 Å². The maximum absolute atomic E-state index is 12.2. The zero-order chi connectivity index (χ0) is 13.9. The zero-order valence-corrected chi connectivity index (χ0v) is 11.5. The maximum Gasteiger partial charge on any atom is 0.268 e. The lowest BCUT2D eigenvalue weighted by Gasteiger charge is -2.21. The molecule has 1 amide bonds. The standard InChI is InChI=1S/C13H23N3O2/c1-8(2)11(7-17)15-13(18)12-5-10(14)6-16(12)9(3)4/h5-6,8-9,11,17H,7,14H2,1-4H3,(H,15,18)/t11-/m1/s1. The van der Waals surface area contributed by atoms with Gasteiger partial charge in [-0.1, -0.05) is 13.8 Å². The fourth-order valence-electron chi connectivity index (χ4n) is 1.78. The highest BCUT2D eigenvalue weighted by Gasteiger charge is 2.19. The fourth-order valence-corrected chi connectivity index (χ4v) is 1.78. The number of nitrogens with two attached hydrogens (primary N) is 1. The molecule has 4 N–H and O–H groups in total. The molecule has 0 aliphatic rings. The van der Waals surface area contributed by atoms with E-state index in [1.165, 1.54) is 0 Å². The number of hydrogen-bond donors (Lipinski definition) is 3. The minimum absolute atomic E-state index is 0.0682. The maximum atomic E-state index is 12.2. The van der Waals surface area contributed by atoms with Gasteiger partial charge in [-0.25, -0.2) is 0 Å². The van der Waals surface area contributed by atoms with Crippen molar-refractivity contribution < 1.29 is 9.90 Å². The average Bonchev–Trinajstić information content (AvgIpc) is 2.67. The first-order valence-electron chi connectivity index (χ1n) is 6.25. The van der Waals surface area contributed by atoms with Crippen LogP contribution in [0.25, 0.3) is 0 Å². The monoisotopic (exact) mass is 253 g/mol. The number of carbonyl (C=O) groups excluding carboxylic acids is 1. The molecule has 0 aliphatic carbocycles. The van der Waals surface area contributed by atoms with Crippen LogP contribution in [0, 0.1) is 5.92 Å². The molecule has 0 aliphatic heterocycles. The Morgan fingerprint density at radius 2 is 2.06 bits per heavy atom. The van der Waals surface area contributed by atoms with Crippen LogP contribution < -0.4 is 11.1 Å². The van der Waals surface area contributed by atoms with E-state index in [-0.39, 0.29) is 30.5 Å². The van der Waals surface area contributed by atoms with Gasteiger partial charge in [0.05, 0.1) is 18.3 Å². The van der Waals surface area contributed by atoms with Gasteiger partial charge in [0, 0.05) is 12.2 Å². The molecule has 0 spiro atoms. The summed E-state index contributed by atoms with van der Waals surface area (Å²) in [5.74, 6) is -0.0214. The summed E-state index contributed by atoms with van der Waals surface area (Å²) in [6, 6.07) is 1.58. The summed E-state index contributed by atoms with van der Waals surface area (Å²) < 4.78 is 1.83. The van der Waals surface area contributed by atoms with Crippen LogP contribution in [0.1, 0.15) is 44.2 Å². The van der Waals surface area contributed by atoms with Crippen molar-refractivity contribution in [2.45, 2.75) is 39.8 Å². The van der Waals surface area contributed by atoms with Crippen molar-refractivity contribution in [2.75, 3.05) is 12.3 Å². The summed E-state index contributed by atoms with van der Waals surface area (Å²) in [6.45, 7) is 7.82. The lowest BCUT2D eigenvalue weighted by Crippen LogP contribution is -2.41. The van der Waals surface area contributed by atoms with Crippen LogP contribution in [0.5, 0.6) is 0 Å². The van der Waals surface area contributed by atoms with E-state index in [1.807, 2.05) is 32.3 Å². The van der Waals surface area contributed by atoms with E-state index < -0.39 is 0 Å². The zero-order valence-electron chi connectivity index (χ0n) is 11.5. The van der Waals surface area contributed by atoms with E-state index in [9.17, 15) is 9.90 Å². The number of nitrogens with zero attached hydrogens (tertiary/aromatic N) is 1. The average molecular weight is 253 g/mol. The van der Waals surface area contributed by atoms with Crippen LogP contribution in [-0.2, 0) is 0 Å². The first-order chi connectivity index (χ1) is 8.36. The van der Waals surface area contributed by atoms with E-state index >= 15 is 0 Å². The molecule has 0 fully saturated rings. The van der Waals surface area contributed by atoms with Crippen molar-refractivity contribution in [2.24, 2.45) is 5.92 Å². The molecule has 1 aromatic heterocycles. The van der Waals surface area contributed by atoms with Crippen molar-refractivity contribution in [1.29, 1.82) is 0 Å². The molecule has 0 saturated heterocycles. The van der Waals surface area contributed by atoms with E-state index in [4.69, 9.17) is 5.73 Å². The highest BCUT2D eigenvalue weighted by atomic mass is 16.3. The third kappa shape index (κ3) is 3.26. The second-order valence-corrected chi connectivity index (χ2v) is 5.17. The Labute approximate surface area is 108 Å². The predicted molar refractivity (Wildman–Crippen MR) is 72.4 cm³/mol. The number of rotatable bonds is 5. The van der Waals surface area contributed by atoms with E-state index in [2.05, 4.69) is 5.32 Å². The molecular weight excluding hydrogens is 230 g/mol. The molecular formula is C13H23N3O2. The molecule has 18 heavy (non-hydrogen) atoms. The van der Waals surface area contributed by atoms with Gasteiger partial charge in [0.2, 0.25) is 0 Å². The predicted octanol–water partition coefficient (Wildman–Crippen LogP) is 1.40. The van der Waals surface area contributed by atoms with Crippen LogP contribution in [0.15, 0.2) is 12.3 Å². The van der Waals surface area contributed by atoms with Gasteiger partial charge in [0.1, 0.15) is 5.69 Å². The molecule has 5 nitrogen and oxygen atoms in total. The molecule has 1 heterocycles. The van der Waals surface area contributed by atoms with Crippen molar-refractivity contribution >= 4 is 11.6 Å². The summed E-state index contributed by atoms with van der Waals surface area (Å²) in [4.78, 5) is 12.2. The minimum Gasteiger partial charge on any atom is -0.397 e. The summed E-state index contributed by atoms with van der Waals surface area (Å²) in [5.41, 5.74) is 6.83. The van der Waals surface area contributed by atoms with Gasteiger partial charge in [-0.05, 0) is 25.8 Å². The van der Waals surface area contributed by atoms with Crippen molar-refractivity contribution in [3.63, 3.8) is 0 Å². The second-order valence-electron chi connectivity index (χ2n) is 5.17. The third-order valence-electron chi connectivity index (χ3n) is 2.98. The van der Waals surface area contributed by atoms with Crippen LogP contribution >= 0.6 is 0 Å². The molecule has 0 radical (unpaired) electrons. The second kappa shape index (κ2) is 5.91. The number of aliphatic hydroxyl groups excluding tert-OH is 1. The summed E-state index contributed by atoms with van der Waals surface area (Å²) in [5, 5.41) is 12.1. The Morgan fingerprint density at radius 3 is 2.50 bits per heavy atom. The van der Waals surface area contributed by atoms with E-state index in [1.54, 1.807) is 12.3 Å². The van der Waals surface area contributed by atoms with Crippen molar-refractivity contribution in [3.05, 3.63) is 18.0 Å². The normalized spacial score (nSPS) is 13.1. The minimum atomic E-state index is -0.241. The first-order valence-corrected chi connectivity index (χ1v) is 6.25. The summed E-state index contributed by atoms with van der Waals surface area (Å²) >= 11 is 0. The molecule has 5 heteroatoms. The van der Waals surface area contributed by atoms with Crippen LogP contribution in [-0.4, -0.2) is 28.2 Å². The number of aromatic nitrogens is 1. The van der Waals surface area contributed by atoms with E-state index in [0.717, 1.165) is 0 Å². The highest BCUT2D eigenvalue weighted by molar-refractivity contribution is 5.94. The number of amides is 1. The van der Waals surface area contributed by atoms with Gasteiger partial charge in [-0.3, -0.25) is 4.79 Å². The Kier molecular flexibility index (Phi) is 4.78. The SMILES string of the molecule is CC(C)[C@@H](CO)NC(=O)c1cc(N)cn1C(C)C. The lowest BCUT2D eigenvalue weighted by atomic mass is 10.1. The Morgan fingerprint density at radius 1 is 1.44 bits per heavy atom. The van der Waals surface area contributed by atoms with Gasteiger partial charge >= 0.3 is 0 Å². The molecule has 1 atom stereocenters. The molecule has 0 bridgehead atoms. The first kappa shape index (κ1) is 14.6. The van der Waals surface area contributed by atoms with Crippen LogP contribution in [0.4, 0.5) is 5.69 Å². The largest absolute Gasteiger partial charge is 0.397 e. The molecule has 0 aromatic carbocycles. The fraction of sp³-hybridized carbons (Fsp3) is 0.615. The third-order valence-corrected chi connectivity index (χ3v) is 2.98. The van der Waals surface area contributed by atoms with Gasteiger partial charge in [-0.15, -0.1) is 0 Å². The Balaban J connectivity index is 2.90. The molecule has 0 saturated carbocycles. The lowest BCUT2D eigenvalue weighted by molar-refractivity contribution is 0.0886. The molecule has 1 aromatic rings. The summed E-state index contributed by atoms with van der Waals surface area (Å²) in [6.07, 6.45) is 1.75. The molecule has 0 unspecified atom stereocenters. The summed E-state index contributed by atoms with van der Waals surface area (Å²) in [7, 11) is 0. The molecule has 1 rings (SSSR count). The number of anilines is 1. The smallest absolute Gasteiger partial charge is 0.268 e. The number of nitrogens with one attached hydrogen (secondary N) is 1. The van der Waals surface area contributed by atoms with Crippen molar-refractivity contribution in [1.82, 2.24) is 9.88 Å². The quantitative estimate of drug-likeness (QED) is 0.742. The molecule has 102 valence electrons. The topological polar surface area (TPSA) is 80.3 Å². The Hall–Kier alpha value is -1.49. The van der Waals surface area contributed by atoms with Gasteiger partial charge < -0.3 is 20.7 Å². The van der Waals surface area contributed by atoms with Crippen molar-refractivity contribution in [3.8, 4) is 0 Å². The van der Waals surface area contributed by atoms with E-state index in [0.29, 0.717) is 11.4 Å². The van der Waals surface area contributed by atoms with Crippen LogP contribution in [0.2, 0.25) is 0 Å². The highest BCUT2D eigenvalue weighted by Crippen LogP contribution is 2.16. The number of carbonyl (C=O) groups is 1. The van der Waals surface area contributed by atoms with Gasteiger partial charge in [-0.2, -0.15) is 0 Å². The number of hydrogen-bond acceptors (Lipinski definition) is 3. The van der Waals surface area contributed by atoms with Gasteiger partial charge in [0.25, 0.3) is 5.91 Å². The van der Waals surface area contributed by atoms with Crippen LogP contribution in [0.3, 0.4) is 0 Å². The number of nitrogen functional groups attached to an aromatic ring is 1. The number of aliphatic hydroxyl groups is 1. The Bertz CT molecular complexity index is 410.